The predicted molar refractivity (Wildman–Crippen MR) is 106 cm³/mol. The van der Waals surface area contributed by atoms with Gasteiger partial charge in [0.05, 0.1) is 11.0 Å². The Morgan fingerprint density at radius 3 is 2.46 bits per heavy atom. The van der Waals surface area contributed by atoms with E-state index in [1.165, 1.54) is 6.26 Å². The molecule has 1 aliphatic heterocycles. The summed E-state index contributed by atoms with van der Waals surface area (Å²) in [6, 6.07) is 15.2. The average Bonchev–Trinajstić information content (AvgIpc) is 3.16. The van der Waals surface area contributed by atoms with Crippen LogP contribution in [-0.4, -0.2) is 35.0 Å². The van der Waals surface area contributed by atoms with Crippen molar-refractivity contribution >= 4 is 22.8 Å². The second kappa shape index (κ2) is 7.15. The summed E-state index contributed by atoms with van der Waals surface area (Å²) in [7, 11) is 0. The van der Waals surface area contributed by atoms with Crippen molar-refractivity contribution in [2.45, 2.75) is 31.6 Å². The van der Waals surface area contributed by atoms with Crippen LogP contribution in [0.25, 0.3) is 11.0 Å². The largest absolute Gasteiger partial charge is 0.481 e. The summed E-state index contributed by atoms with van der Waals surface area (Å²) in [5.74, 6) is -0.925. The molecule has 2 heterocycles. The molecule has 1 saturated heterocycles. The standard InChI is InChI=1S/C23H23NO4/c1-2-16-8-9-20-18(14-16)19(15-28-20)21(25)24-12-10-23(11-13-24,22(26)27)17-6-4-3-5-7-17/h3-9,14-15H,2,10-13H2,1H3,(H,26,27). The molecule has 4 rings (SSSR count). The molecule has 0 atom stereocenters. The van der Waals surface area contributed by atoms with E-state index in [-0.39, 0.29) is 5.91 Å². The number of aryl methyl sites for hydroxylation is 1. The lowest BCUT2D eigenvalue weighted by Crippen LogP contribution is -2.49. The maximum Gasteiger partial charge on any atom is 0.314 e. The molecule has 1 fully saturated rings. The minimum atomic E-state index is -0.939. The van der Waals surface area contributed by atoms with E-state index in [2.05, 4.69) is 6.92 Å². The van der Waals surface area contributed by atoms with Gasteiger partial charge in [0, 0.05) is 18.5 Å². The van der Waals surface area contributed by atoms with Gasteiger partial charge in [-0.05, 0) is 42.5 Å². The zero-order chi connectivity index (χ0) is 19.7. The molecule has 2 aromatic carbocycles. The molecule has 0 radical (unpaired) electrons. The van der Waals surface area contributed by atoms with Crippen molar-refractivity contribution in [2.24, 2.45) is 0 Å². The van der Waals surface area contributed by atoms with Gasteiger partial charge >= 0.3 is 5.97 Å². The summed E-state index contributed by atoms with van der Waals surface area (Å²) in [5, 5.41) is 10.8. The number of furan rings is 1. The van der Waals surface area contributed by atoms with Crippen molar-refractivity contribution in [2.75, 3.05) is 13.1 Å². The van der Waals surface area contributed by atoms with E-state index in [0.717, 1.165) is 22.9 Å². The Balaban J connectivity index is 1.58. The van der Waals surface area contributed by atoms with Gasteiger partial charge in [0.15, 0.2) is 0 Å². The molecule has 1 N–H and O–H groups in total. The van der Waals surface area contributed by atoms with Gasteiger partial charge in [-0.15, -0.1) is 0 Å². The summed E-state index contributed by atoms with van der Waals surface area (Å²) >= 11 is 0. The third-order valence-corrected chi connectivity index (χ3v) is 5.92. The molecular formula is C23H23NO4. The maximum absolute atomic E-state index is 13.1. The van der Waals surface area contributed by atoms with Gasteiger partial charge in [-0.2, -0.15) is 0 Å². The Bertz CT molecular complexity index is 1010. The van der Waals surface area contributed by atoms with Gasteiger partial charge in [0.2, 0.25) is 0 Å². The van der Waals surface area contributed by atoms with Gasteiger partial charge in [-0.25, -0.2) is 0 Å². The molecule has 28 heavy (non-hydrogen) atoms. The molecule has 5 heteroatoms. The Hall–Kier alpha value is -3.08. The number of fused-ring (bicyclic) bond motifs is 1. The Morgan fingerprint density at radius 2 is 1.82 bits per heavy atom. The van der Waals surface area contributed by atoms with E-state index in [1.54, 1.807) is 4.90 Å². The zero-order valence-electron chi connectivity index (χ0n) is 15.9. The van der Waals surface area contributed by atoms with Crippen LogP contribution in [0.1, 0.15) is 41.3 Å². The van der Waals surface area contributed by atoms with Crippen LogP contribution in [0.4, 0.5) is 0 Å². The maximum atomic E-state index is 13.1. The van der Waals surface area contributed by atoms with Crippen LogP contribution in [0.2, 0.25) is 0 Å². The number of carboxylic acid groups (broad SMARTS) is 1. The number of carbonyl (C=O) groups is 2. The first-order chi connectivity index (χ1) is 13.5. The number of rotatable bonds is 4. The number of amides is 1. The Morgan fingerprint density at radius 1 is 1.11 bits per heavy atom. The quantitative estimate of drug-likeness (QED) is 0.738. The normalized spacial score (nSPS) is 16.2. The first kappa shape index (κ1) is 18.3. The number of carbonyl (C=O) groups excluding carboxylic acids is 1. The van der Waals surface area contributed by atoms with E-state index in [0.29, 0.717) is 37.1 Å². The highest BCUT2D eigenvalue weighted by Gasteiger charge is 2.44. The van der Waals surface area contributed by atoms with Crippen molar-refractivity contribution in [1.82, 2.24) is 4.90 Å². The smallest absolute Gasteiger partial charge is 0.314 e. The number of hydrogen-bond acceptors (Lipinski definition) is 3. The fourth-order valence-corrected chi connectivity index (χ4v) is 4.11. The van der Waals surface area contributed by atoms with Gasteiger partial charge in [0.1, 0.15) is 11.8 Å². The van der Waals surface area contributed by atoms with Crippen LogP contribution in [-0.2, 0) is 16.6 Å². The third-order valence-electron chi connectivity index (χ3n) is 5.92. The second-order valence-electron chi connectivity index (χ2n) is 7.38. The summed E-state index contributed by atoms with van der Waals surface area (Å²) < 4.78 is 5.57. The van der Waals surface area contributed by atoms with Gasteiger partial charge < -0.3 is 14.4 Å². The van der Waals surface area contributed by atoms with Crippen molar-refractivity contribution in [3.63, 3.8) is 0 Å². The minimum absolute atomic E-state index is 0.0981. The van der Waals surface area contributed by atoms with E-state index >= 15 is 0 Å². The summed E-state index contributed by atoms with van der Waals surface area (Å²) in [5.41, 5.74) is 2.26. The fraction of sp³-hybridized carbons (Fsp3) is 0.304. The highest BCUT2D eigenvalue weighted by molar-refractivity contribution is 6.06. The van der Waals surface area contributed by atoms with Crippen LogP contribution < -0.4 is 0 Å². The molecule has 1 aromatic heterocycles. The lowest BCUT2D eigenvalue weighted by atomic mass is 9.72. The molecule has 1 aliphatic rings. The van der Waals surface area contributed by atoms with Gasteiger partial charge in [-0.1, -0.05) is 43.3 Å². The van der Waals surface area contributed by atoms with Crippen LogP contribution >= 0.6 is 0 Å². The van der Waals surface area contributed by atoms with Crippen LogP contribution in [0.3, 0.4) is 0 Å². The van der Waals surface area contributed by atoms with Crippen molar-refractivity contribution in [3.8, 4) is 0 Å². The first-order valence-electron chi connectivity index (χ1n) is 9.63. The Labute approximate surface area is 163 Å². The molecule has 3 aromatic rings. The number of benzene rings is 2. The summed E-state index contributed by atoms with van der Waals surface area (Å²) in [4.78, 5) is 27.0. The second-order valence-corrected chi connectivity index (χ2v) is 7.38. The van der Waals surface area contributed by atoms with Gasteiger partial charge in [0.25, 0.3) is 5.91 Å². The molecule has 0 saturated carbocycles. The lowest BCUT2D eigenvalue weighted by molar-refractivity contribution is -0.145. The molecule has 0 bridgehead atoms. The average molecular weight is 377 g/mol. The number of aliphatic carboxylic acids is 1. The van der Waals surface area contributed by atoms with E-state index < -0.39 is 11.4 Å². The van der Waals surface area contributed by atoms with E-state index in [9.17, 15) is 14.7 Å². The zero-order valence-corrected chi connectivity index (χ0v) is 15.9. The highest BCUT2D eigenvalue weighted by atomic mass is 16.4. The summed E-state index contributed by atoms with van der Waals surface area (Å²) in [6.07, 6.45) is 3.20. The number of likely N-dealkylation sites (tertiary alicyclic amines) is 1. The monoisotopic (exact) mass is 377 g/mol. The summed E-state index contributed by atoms with van der Waals surface area (Å²) in [6.45, 7) is 2.88. The van der Waals surface area contributed by atoms with Crippen molar-refractivity contribution in [3.05, 3.63) is 71.5 Å². The molecule has 5 nitrogen and oxygen atoms in total. The topological polar surface area (TPSA) is 70.8 Å². The number of hydrogen-bond donors (Lipinski definition) is 1. The number of carboxylic acids is 1. The molecule has 1 amide bonds. The van der Waals surface area contributed by atoms with E-state index in [1.807, 2.05) is 48.5 Å². The lowest BCUT2D eigenvalue weighted by Gasteiger charge is -2.39. The SMILES string of the molecule is CCc1ccc2occ(C(=O)N3CCC(C(=O)O)(c4ccccc4)CC3)c2c1. The first-order valence-corrected chi connectivity index (χ1v) is 9.63. The van der Waals surface area contributed by atoms with E-state index in [4.69, 9.17) is 4.42 Å². The molecule has 0 unspecified atom stereocenters. The molecule has 0 spiro atoms. The number of nitrogens with zero attached hydrogens (tertiary/aromatic N) is 1. The Kier molecular flexibility index (Phi) is 4.67. The van der Waals surface area contributed by atoms with Crippen molar-refractivity contribution < 1.29 is 19.1 Å². The van der Waals surface area contributed by atoms with Crippen LogP contribution in [0.5, 0.6) is 0 Å². The van der Waals surface area contributed by atoms with Gasteiger partial charge in [-0.3, -0.25) is 9.59 Å². The van der Waals surface area contributed by atoms with Crippen LogP contribution in [0, 0.1) is 0 Å². The predicted octanol–water partition coefficient (Wildman–Crippen LogP) is 4.25. The third kappa shape index (κ3) is 2.97. The number of piperidine rings is 1. The highest BCUT2D eigenvalue weighted by Crippen LogP contribution is 2.36. The van der Waals surface area contributed by atoms with Crippen LogP contribution in [0.15, 0.2) is 59.2 Å². The molecule has 0 aliphatic carbocycles. The minimum Gasteiger partial charge on any atom is -0.481 e. The van der Waals surface area contributed by atoms with Crippen molar-refractivity contribution in [1.29, 1.82) is 0 Å². The molecular weight excluding hydrogens is 354 g/mol. The fourth-order valence-electron chi connectivity index (χ4n) is 4.11. The molecule has 144 valence electrons.